The summed E-state index contributed by atoms with van der Waals surface area (Å²) >= 11 is 0. The number of aromatic nitrogens is 5. The summed E-state index contributed by atoms with van der Waals surface area (Å²) in [6.07, 6.45) is 5.77. The third-order valence-corrected chi connectivity index (χ3v) is 8.60. The number of carbonyl (C=O) groups excluding carboxylic acids is 4. The number of aryl methyl sites for hydroxylation is 1. The fourth-order valence-corrected chi connectivity index (χ4v) is 6.03. The number of imidazole rings is 2. The van der Waals surface area contributed by atoms with Crippen molar-refractivity contribution in [3.05, 3.63) is 72.7 Å². The minimum atomic E-state index is -0.655. The van der Waals surface area contributed by atoms with E-state index in [0.29, 0.717) is 24.7 Å². The molecule has 0 unspecified atom stereocenters. The van der Waals surface area contributed by atoms with Crippen LogP contribution in [0.4, 0.5) is 9.59 Å². The number of hydrogen-bond donors (Lipinski definition) is 4. The number of methoxy groups -OCH3 is 2. The van der Waals surface area contributed by atoms with E-state index in [4.69, 9.17) is 0 Å². The fourth-order valence-electron chi connectivity index (χ4n) is 6.03. The molecule has 0 spiro atoms. The molecule has 15 nitrogen and oxygen atoms in total. The highest BCUT2D eigenvalue weighted by molar-refractivity contribution is 6.03. The summed E-state index contributed by atoms with van der Waals surface area (Å²) in [5, 5.41) is 5.96. The number of H-pyrrole nitrogens is 2. The number of aromatic amines is 2. The first-order valence-electron chi connectivity index (χ1n) is 17.1. The van der Waals surface area contributed by atoms with Crippen LogP contribution in [0.2, 0.25) is 0 Å². The number of fused-ring (bicyclic) bond motifs is 1. The van der Waals surface area contributed by atoms with Crippen molar-refractivity contribution < 1.29 is 28.7 Å². The number of nitrogens with one attached hydrogen (secondary N) is 4. The topological polar surface area (TPSA) is 180 Å². The monoisotopic (exact) mass is 711 g/mol. The van der Waals surface area contributed by atoms with Crippen LogP contribution in [0.1, 0.15) is 38.3 Å². The van der Waals surface area contributed by atoms with Crippen molar-refractivity contribution >= 4 is 34.9 Å². The summed E-state index contributed by atoms with van der Waals surface area (Å²) in [5.41, 5.74) is 6.73. The smallest absolute Gasteiger partial charge is 0.407 e. The minimum Gasteiger partial charge on any atom is -0.453 e. The Balaban J connectivity index is 1.31. The van der Waals surface area contributed by atoms with E-state index >= 15 is 0 Å². The van der Waals surface area contributed by atoms with Crippen molar-refractivity contribution in [2.24, 2.45) is 7.05 Å². The fraction of sp³-hybridized carbons (Fsp3) is 0.351. The molecule has 274 valence electrons. The molecule has 2 aromatic carbocycles. The number of alkyl carbamates (subject to hydrolysis) is 2. The molecule has 3 heterocycles. The van der Waals surface area contributed by atoms with Gasteiger partial charge in [0, 0.05) is 37.3 Å². The van der Waals surface area contributed by atoms with Gasteiger partial charge in [-0.05, 0) is 35.6 Å². The molecule has 0 bridgehead atoms. The van der Waals surface area contributed by atoms with Gasteiger partial charge in [-0.2, -0.15) is 0 Å². The summed E-state index contributed by atoms with van der Waals surface area (Å²) in [6.45, 7) is 5.26. The molecule has 0 aliphatic rings. The lowest BCUT2D eigenvalue weighted by atomic mass is 9.97. The first-order chi connectivity index (χ1) is 25.1. The molecule has 5 aromatic rings. The molecule has 4 N–H and O–H groups in total. The van der Waals surface area contributed by atoms with E-state index in [1.54, 1.807) is 22.2 Å². The van der Waals surface area contributed by atoms with Crippen LogP contribution in [-0.4, -0.2) is 98.7 Å². The number of amides is 4. The SMILES string of the molecule is CCCN(Cc1ncc(-c2ccc(-c3ccc(-c4cnc(CN(CCC)C(=O)CNC(=O)OC)[nH]4)c4c3ccn4C)cc2)[nH]1)C(=O)CNC(=O)OC. The lowest BCUT2D eigenvalue weighted by Gasteiger charge is -2.21. The predicted molar refractivity (Wildman–Crippen MR) is 196 cm³/mol. The zero-order valence-corrected chi connectivity index (χ0v) is 30.1. The quantitative estimate of drug-likeness (QED) is 0.119. The van der Waals surface area contributed by atoms with Crippen molar-refractivity contribution in [1.29, 1.82) is 0 Å². The van der Waals surface area contributed by atoms with Gasteiger partial charge in [0.25, 0.3) is 0 Å². The maximum Gasteiger partial charge on any atom is 0.407 e. The number of carbonyl (C=O) groups is 4. The number of nitrogens with zero attached hydrogens (tertiary/aromatic N) is 5. The van der Waals surface area contributed by atoms with Gasteiger partial charge in [0.15, 0.2) is 0 Å². The molecule has 0 fully saturated rings. The summed E-state index contributed by atoms with van der Waals surface area (Å²) in [7, 11) is 4.52. The maximum atomic E-state index is 12.8. The first kappa shape index (κ1) is 37.1. The zero-order chi connectivity index (χ0) is 37.2. The van der Waals surface area contributed by atoms with Crippen molar-refractivity contribution in [2.75, 3.05) is 40.4 Å². The second-order valence-electron chi connectivity index (χ2n) is 12.2. The Bertz CT molecular complexity index is 2010. The highest BCUT2D eigenvalue weighted by Crippen LogP contribution is 2.36. The van der Waals surface area contributed by atoms with Gasteiger partial charge < -0.3 is 44.4 Å². The predicted octanol–water partition coefficient (Wildman–Crippen LogP) is 4.81. The number of benzene rings is 2. The molecule has 0 saturated carbocycles. The van der Waals surface area contributed by atoms with E-state index in [0.717, 1.165) is 57.4 Å². The van der Waals surface area contributed by atoms with Gasteiger partial charge in [-0.15, -0.1) is 0 Å². The molecular weight excluding hydrogens is 666 g/mol. The molecule has 0 saturated heterocycles. The summed E-state index contributed by atoms with van der Waals surface area (Å²) < 4.78 is 11.2. The van der Waals surface area contributed by atoms with Crippen LogP contribution in [0.25, 0.3) is 44.5 Å². The van der Waals surface area contributed by atoms with E-state index in [2.05, 4.69) is 74.9 Å². The van der Waals surface area contributed by atoms with Gasteiger partial charge >= 0.3 is 12.2 Å². The standard InChI is InChI=1S/C37H45N9O6/c1-6-15-45(33(47)20-40-36(49)51-4)22-31-38-18-29(42-31)25-10-8-24(9-11-25)26-12-13-28(35-27(26)14-17-44(35)3)30-19-39-32(43-30)23-46(16-7-2)34(48)21-41-37(50)52-5/h8-14,17-19H,6-7,15-16,20-23H2,1-5H3,(H,38,42)(H,39,43)(H,40,49)(H,41,50). The van der Waals surface area contributed by atoms with Crippen LogP contribution in [-0.2, 0) is 39.2 Å². The molecule has 0 radical (unpaired) electrons. The highest BCUT2D eigenvalue weighted by atomic mass is 16.5. The molecule has 0 aliphatic heterocycles. The van der Waals surface area contributed by atoms with E-state index in [-0.39, 0.29) is 38.0 Å². The molecule has 4 amide bonds. The Kier molecular flexibility index (Phi) is 12.3. The summed E-state index contributed by atoms with van der Waals surface area (Å²) in [4.78, 5) is 67.5. The Morgan fingerprint density at radius 2 is 1.21 bits per heavy atom. The number of rotatable bonds is 15. The second-order valence-corrected chi connectivity index (χ2v) is 12.2. The maximum absolute atomic E-state index is 12.8. The molecule has 0 aliphatic carbocycles. The van der Waals surface area contributed by atoms with Gasteiger partial charge in [0.05, 0.1) is 56.6 Å². The van der Waals surface area contributed by atoms with Crippen LogP contribution >= 0.6 is 0 Å². The second kappa shape index (κ2) is 17.2. The van der Waals surface area contributed by atoms with Gasteiger partial charge in [0.1, 0.15) is 24.7 Å². The molecule has 15 heteroatoms. The minimum absolute atomic E-state index is 0.154. The first-order valence-corrected chi connectivity index (χ1v) is 17.1. The van der Waals surface area contributed by atoms with Crippen molar-refractivity contribution in [2.45, 2.75) is 39.8 Å². The molecule has 52 heavy (non-hydrogen) atoms. The third-order valence-electron chi connectivity index (χ3n) is 8.60. The Labute approximate surface area is 301 Å². The third kappa shape index (κ3) is 8.78. The van der Waals surface area contributed by atoms with Crippen LogP contribution < -0.4 is 10.6 Å². The van der Waals surface area contributed by atoms with Crippen LogP contribution in [0, 0.1) is 0 Å². The van der Waals surface area contributed by atoms with Crippen LogP contribution in [0.15, 0.2) is 61.1 Å². The molecule has 5 rings (SSSR count). The van der Waals surface area contributed by atoms with Crippen LogP contribution in [0.5, 0.6) is 0 Å². The number of ether oxygens (including phenoxy) is 2. The average molecular weight is 712 g/mol. The normalized spacial score (nSPS) is 10.9. The van der Waals surface area contributed by atoms with E-state index in [1.165, 1.54) is 14.2 Å². The summed E-state index contributed by atoms with van der Waals surface area (Å²) in [6, 6.07) is 14.5. The Hall–Kier alpha value is -6.12. The lowest BCUT2D eigenvalue weighted by Crippen LogP contribution is -2.40. The van der Waals surface area contributed by atoms with Crippen molar-refractivity contribution in [1.82, 2.24) is 44.9 Å². The number of hydrogen-bond acceptors (Lipinski definition) is 8. The van der Waals surface area contributed by atoms with Crippen molar-refractivity contribution in [3.63, 3.8) is 0 Å². The van der Waals surface area contributed by atoms with Crippen LogP contribution in [0.3, 0.4) is 0 Å². The van der Waals surface area contributed by atoms with E-state index in [1.807, 2.05) is 39.2 Å². The summed E-state index contributed by atoms with van der Waals surface area (Å²) in [5.74, 6) is 0.829. The van der Waals surface area contributed by atoms with Gasteiger partial charge in [-0.3, -0.25) is 9.59 Å². The lowest BCUT2D eigenvalue weighted by molar-refractivity contribution is -0.131. The highest BCUT2D eigenvalue weighted by Gasteiger charge is 2.19. The Morgan fingerprint density at radius 1 is 0.712 bits per heavy atom. The average Bonchev–Trinajstić information content (AvgIpc) is 3.93. The molecule has 0 atom stereocenters. The molecular formula is C37H45N9O6. The van der Waals surface area contributed by atoms with E-state index < -0.39 is 12.2 Å². The largest absolute Gasteiger partial charge is 0.453 e. The molecule has 3 aromatic heterocycles. The zero-order valence-electron chi connectivity index (χ0n) is 30.1. The van der Waals surface area contributed by atoms with Gasteiger partial charge in [-0.25, -0.2) is 19.6 Å². The van der Waals surface area contributed by atoms with E-state index in [9.17, 15) is 19.2 Å². The van der Waals surface area contributed by atoms with Gasteiger partial charge in [0.2, 0.25) is 11.8 Å². The Morgan fingerprint density at radius 3 is 1.75 bits per heavy atom. The van der Waals surface area contributed by atoms with Crippen molar-refractivity contribution in [3.8, 4) is 33.6 Å². The van der Waals surface area contributed by atoms with Gasteiger partial charge in [-0.1, -0.05) is 50.2 Å².